The van der Waals surface area contributed by atoms with Crippen molar-refractivity contribution in [2.75, 3.05) is 51.8 Å². The average molecular weight is 402 g/mol. The van der Waals surface area contributed by atoms with E-state index in [0.717, 1.165) is 43.9 Å². The van der Waals surface area contributed by atoms with Crippen LogP contribution in [0.3, 0.4) is 0 Å². The van der Waals surface area contributed by atoms with Crippen LogP contribution in [0.4, 0.5) is 5.69 Å². The minimum Gasteiger partial charge on any atom is -0.495 e. The fourth-order valence-electron chi connectivity index (χ4n) is 3.95. The van der Waals surface area contributed by atoms with E-state index in [1.165, 1.54) is 5.56 Å². The molecule has 28 heavy (non-hydrogen) atoms. The van der Waals surface area contributed by atoms with Gasteiger partial charge < -0.3 is 14.5 Å². The fraction of sp³-hybridized carbons (Fsp3) is 0.429. The van der Waals surface area contributed by atoms with Crippen LogP contribution in [0.15, 0.2) is 47.4 Å². The molecule has 0 spiro atoms. The number of hydrogen-bond acceptors (Lipinski definition) is 5. The van der Waals surface area contributed by atoms with Crippen LogP contribution < -0.4 is 9.64 Å². The van der Waals surface area contributed by atoms with E-state index in [-0.39, 0.29) is 0 Å². The number of nitrogens with zero attached hydrogens (tertiary/aromatic N) is 3. The van der Waals surface area contributed by atoms with Gasteiger partial charge in [-0.05, 0) is 42.8 Å². The van der Waals surface area contributed by atoms with E-state index >= 15 is 0 Å². The Morgan fingerprint density at radius 2 is 1.64 bits per heavy atom. The summed E-state index contributed by atoms with van der Waals surface area (Å²) in [6, 6.07) is 13.3. The number of piperazine rings is 1. The molecule has 4 rings (SSSR count). The summed E-state index contributed by atoms with van der Waals surface area (Å²) in [4.78, 5) is 4.82. The summed E-state index contributed by atoms with van der Waals surface area (Å²) < 4.78 is 33.8. The lowest BCUT2D eigenvalue weighted by atomic mass is 10.0. The van der Waals surface area contributed by atoms with Gasteiger partial charge in [-0.1, -0.05) is 24.3 Å². The summed E-state index contributed by atoms with van der Waals surface area (Å²) >= 11 is 0. The number of fused-ring (bicyclic) bond motifs is 1. The lowest BCUT2D eigenvalue weighted by Crippen LogP contribution is -2.44. The summed E-state index contributed by atoms with van der Waals surface area (Å²) in [5.74, 6) is 0.715. The van der Waals surface area contributed by atoms with Gasteiger partial charge >= 0.3 is 0 Å². The molecule has 2 aromatic rings. The van der Waals surface area contributed by atoms with Gasteiger partial charge in [-0.25, -0.2) is 8.42 Å². The number of hydrogen-bond donors (Lipinski definition) is 0. The van der Waals surface area contributed by atoms with E-state index < -0.39 is 10.0 Å². The molecule has 0 unspecified atom stereocenters. The number of methoxy groups -OCH3 is 1. The van der Waals surface area contributed by atoms with Crippen molar-refractivity contribution in [3.63, 3.8) is 0 Å². The molecule has 0 bridgehead atoms. The predicted molar refractivity (Wildman–Crippen MR) is 110 cm³/mol. The zero-order valence-electron chi connectivity index (χ0n) is 16.5. The Morgan fingerprint density at radius 1 is 0.929 bits per heavy atom. The molecule has 0 atom stereocenters. The van der Waals surface area contributed by atoms with Crippen molar-refractivity contribution in [3.8, 4) is 5.75 Å². The molecule has 0 aliphatic carbocycles. The Hall–Kier alpha value is -2.09. The van der Waals surface area contributed by atoms with Crippen molar-refractivity contribution in [2.45, 2.75) is 17.9 Å². The molecule has 0 saturated carbocycles. The van der Waals surface area contributed by atoms with E-state index in [9.17, 15) is 8.42 Å². The normalized spacial score (nSPS) is 18.7. The maximum atomic E-state index is 13.3. The number of sulfonamides is 1. The summed E-state index contributed by atoms with van der Waals surface area (Å²) in [6.07, 6.45) is 0.747. The lowest BCUT2D eigenvalue weighted by Gasteiger charge is -2.35. The molecule has 2 aliphatic heterocycles. The molecule has 0 aromatic heterocycles. The van der Waals surface area contributed by atoms with Crippen molar-refractivity contribution in [3.05, 3.63) is 53.6 Å². The zero-order chi connectivity index (χ0) is 19.7. The Morgan fingerprint density at radius 3 is 2.36 bits per heavy atom. The van der Waals surface area contributed by atoms with E-state index in [0.29, 0.717) is 23.7 Å². The van der Waals surface area contributed by atoms with Crippen LogP contribution in [-0.4, -0.2) is 64.5 Å². The van der Waals surface area contributed by atoms with Gasteiger partial charge in [0.25, 0.3) is 0 Å². The van der Waals surface area contributed by atoms with Crippen LogP contribution in [0.1, 0.15) is 11.1 Å². The summed E-state index contributed by atoms with van der Waals surface area (Å²) in [6.45, 7) is 4.54. The smallest absolute Gasteiger partial charge is 0.243 e. The number of benzene rings is 2. The number of anilines is 1. The fourth-order valence-corrected chi connectivity index (χ4v) is 5.39. The van der Waals surface area contributed by atoms with Crippen LogP contribution in [-0.2, 0) is 23.0 Å². The van der Waals surface area contributed by atoms with Crippen LogP contribution in [0, 0.1) is 0 Å². The van der Waals surface area contributed by atoms with Gasteiger partial charge in [0.2, 0.25) is 10.0 Å². The van der Waals surface area contributed by atoms with Gasteiger partial charge in [-0.15, -0.1) is 0 Å². The monoisotopic (exact) mass is 401 g/mol. The number of ether oxygens (including phenoxy) is 1. The standard InChI is InChI=1S/C21H27N3O3S/c1-22-11-13-23(14-12-22)20-15-19(7-8-21(20)27-2)28(25,26)24-10-9-17-5-3-4-6-18(17)16-24/h3-8,15H,9-14,16H2,1-2H3. The maximum absolute atomic E-state index is 13.3. The van der Waals surface area contributed by atoms with Crippen molar-refractivity contribution < 1.29 is 13.2 Å². The SMILES string of the molecule is COc1ccc(S(=O)(=O)N2CCc3ccccc3C2)cc1N1CCN(C)CC1. The minimum absolute atomic E-state index is 0.335. The average Bonchev–Trinajstić information content (AvgIpc) is 2.73. The highest BCUT2D eigenvalue weighted by Gasteiger charge is 2.29. The molecule has 0 radical (unpaired) electrons. The van der Waals surface area contributed by atoms with E-state index in [1.54, 1.807) is 29.6 Å². The van der Waals surface area contributed by atoms with Crippen molar-refractivity contribution in [1.29, 1.82) is 0 Å². The van der Waals surface area contributed by atoms with Gasteiger partial charge in [0, 0.05) is 39.3 Å². The molecule has 2 aliphatic rings. The first-order chi connectivity index (χ1) is 13.5. The quantitative estimate of drug-likeness (QED) is 0.786. The molecule has 0 amide bonds. The van der Waals surface area contributed by atoms with Crippen LogP contribution >= 0.6 is 0 Å². The second-order valence-corrected chi connectivity index (χ2v) is 9.42. The predicted octanol–water partition coefficient (Wildman–Crippen LogP) is 2.19. The van der Waals surface area contributed by atoms with E-state index in [1.807, 2.05) is 18.2 Å². The van der Waals surface area contributed by atoms with Crippen LogP contribution in [0.5, 0.6) is 5.75 Å². The second-order valence-electron chi connectivity index (χ2n) is 7.48. The molecule has 1 fully saturated rings. The first kappa shape index (κ1) is 19.2. The van der Waals surface area contributed by atoms with Crippen molar-refractivity contribution in [1.82, 2.24) is 9.21 Å². The van der Waals surface area contributed by atoms with E-state index in [4.69, 9.17) is 4.74 Å². The topological polar surface area (TPSA) is 53.1 Å². The molecule has 150 valence electrons. The number of likely N-dealkylation sites (N-methyl/N-ethyl adjacent to an activating group) is 1. The third-order valence-corrected chi connectivity index (χ3v) is 7.57. The summed E-state index contributed by atoms with van der Waals surface area (Å²) in [5, 5.41) is 0. The molecule has 2 aromatic carbocycles. The van der Waals surface area contributed by atoms with Gasteiger partial charge in [-0.3, -0.25) is 0 Å². The summed E-state index contributed by atoms with van der Waals surface area (Å²) in [7, 11) is 0.169. The third-order valence-electron chi connectivity index (χ3n) is 5.73. The van der Waals surface area contributed by atoms with Gasteiger partial charge in [-0.2, -0.15) is 4.31 Å². The largest absolute Gasteiger partial charge is 0.495 e. The van der Waals surface area contributed by atoms with Gasteiger partial charge in [0.1, 0.15) is 5.75 Å². The van der Waals surface area contributed by atoms with Crippen LogP contribution in [0.25, 0.3) is 0 Å². The van der Waals surface area contributed by atoms with Crippen molar-refractivity contribution >= 4 is 15.7 Å². The molecule has 1 saturated heterocycles. The highest BCUT2D eigenvalue weighted by molar-refractivity contribution is 7.89. The third kappa shape index (κ3) is 3.62. The Labute approximate surface area is 167 Å². The molecule has 6 nitrogen and oxygen atoms in total. The maximum Gasteiger partial charge on any atom is 0.243 e. The van der Waals surface area contributed by atoms with Crippen LogP contribution in [0.2, 0.25) is 0 Å². The lowest BCUT2D eigenvalue weighted by molar-refractivity contribution is 0.311. The second kappa shape index (κ2) is 7.73. The van der Waals surface area contributed by atoms with Crippen molar-refractivity contribution in [2.24, 2.45) is 0 Å². The van der Waals surface area contributed by atoms with Gasteiger partial charge in [0.15, 0.2) is 0 Å². The number of rotatable bonds is 4. The molecule has 0 N–H and O–H groups in total. The Balaban J connectivity index is 1.64. The molecular formula is C21H27N3O3S. The molecule has 2 heterocycles. The minimum atomic E-state index is -3.56. The summed E-state index contributed by atoms with van der Waals surface area (Å²) in [5.41, 5.74) is 3.18. The highest BCUT2D eigenvalue weighted by atomic mass is 32.2. The molecule has 7 heteroatoms. The van der Waals surface area contributed by atoms with E-state index in [2.05, 4.69) is 22.9 Å². The Bertz CT molecular complexity index is 953. The highest BCUT2D eigenvalue weighted by Crippen LogP contribution is 2.33. The first-order valence-corrected chi connectivity index (χ1v) is 11.1. The Kier molecular flexibility index (Phi) is 5.31. The first-order valence-electron chi connectivity index (χ1n) is 9.67. The van der Waals surface area contributed by atoms with Gasteiger partial charge in [0.05, 0.1) is 17.7 Å². The zero-order valence-corrected chi connectivity index (χ0v) is 17.3. The molecular weight excluding hydrogens is 374 g/mol.